The molecule has 6 nitrogen and oxygen atoms in total. The lowest BCUT2D eigenvalue weighted by Crippen LogP contribution is -2.15. The third-order valence-corrected chi connectivity index (χ3v) is 2.34. The lowest BCUT2D eigenvalue weighted by Gasteiger charge is -2.12. The first kappa shape index (κ1) is 11.4. The number of hydrogen-bond acceptors (Lipinski definition) is 6. The minimum absolute atomic E-state index is 0.345. The minimum Gasteiger partial charge on any atom is -0.480 e. The summed E-state index contributed by atoms with van der Waals surface area (Å²) in [5, 5.41) is 0. The summed E-state index contributed by atoms with van der Waals surface area (Å²) in [7, 11) is 3.02. The third kappa shape index (κ3) is 2.21. The molecule has 0 aliphatic rings. The van der Waals surface area contributed by atoms with Gasteiger partial charge in [-0.3, -0.25) is 0 Å². The van der Waals surface area contributed by atoms with Crippen molar-refractivity contribution >= 4 is 0 Å². The van der Waals surface area contributed by atoms with Crippen LogP contribution in [0.15, 0.2) is 29.2 Å². The van der Waals surface area contributed by atoms with Gasteiger partial charge in [-0.25, -0.2) is 4.98 Å². The van der Waals surface area contributed by atoms with Crippen LogP contribution in [0.1, 0.15) is 17.3 Å². The molecule has 90 valence electrons. The highest BCUT2D eigenvalue weighted by Crippen LogP contribution is 2.26. The van der Waals surface area contributed by atoms with Crippen LogP contribution in [0.4, 0.5) is 0 Å². The summed E-state index contributed by atoms with van der Waals surface area (Å²) in [5.74, 6) is 0.725. The summed E-state index contributed by atoms with van der Waals surface area (Å²) in [6.07, 6.45) is 4.62. The molecule has 0 spiro atoms. The van der Waals surface area contributed by atoms with E-state index in [0.29, 0.717) is 17.5 Å². The number of furan rings is 1. The Morgan fingerprint density at radius 3 is 2.76 bits per heavy atom. The van der Waals surface area contributed by atoms with Gasteiger partial charge in [0.1, 0.15) is 5.69 Å². The van der Waals surface area contributed by atoms with Crippen molar-refractivity contribution in [2.24, 2.45) is 5.73 Å². The smallest absolute Gasteiger partial charge is 0.240 e. The van der Waals surface area contributed by atoms with Crippen LogP contribution in [0.25, 0.3) is 0 Å². The molecule has 2 rings (SSSR count). The van der Waals surface area contributed by atoms with E-state index >= 15 is 0 Å². The summed E-state index contributed by atoms with van der Waals surface area (Å²) < 4.78 is 15.1. The van der Waals surface area contributed by atoms with Crippen LogP contribution in [-0.2, 0) is 0 Å². The van der Waals surface area contributed by atoms with Crippen LogP contribution in [-0.4, -0.2) is 24.2 Å². The van der Waals surface area contributed by atoms with Gasteiger partial charge in [-0.15, -0.1) is 0 Å². The van der Waals surface area contributed by atoms with Crippen LogP contribution in [0, 0.1) is 0 Å². The molecule has 17 heavy (non-hydrogen) atoms. The van der Waals surface area contributed by atoms with Gasteiger partial charge in [-0.2, -0.15) is 4.98 Å². The van der Waals surface area contributed by atoms with Crippen molar-refractivity contribution in [3.05, 3.63) is 36.0 Å². The van der Waals surface area contributed by atoms with E-state index < -0.39 is 6.04 Å². The average Bonchev–Trinajstić information content (AvgIpc) is 2.91. The lowest BCUT2D eigenvalue weighted by molar-refractivity contribution is 0.355. The molecule has 2 heterocycles. The Morgan fingerprint density at radius 2 is 2.18 bits per heavy atom. The van der Waals surface area contributed by atoms with E-state index in [0.717, 1.165) is 5.56 Å². The molecule has 2 aromatic heterocycles. The Balaban J connectivity index is 2.38. The molecule has 0 saturated heterocycles. The summed E-state index contributed by atoms with van der Waals surface area (Å²) in [5.41, 5.74) is 7.39. The van der Waals surface area contributed by atoms with Gasteiger partial charge >= 0.3 is 0 Å². The van der Waals surface area contributed by atoms with E-state index in [1.807, 2.05) is 0 Å². The first-order chi connectivity index (χ1) is 8.26. The molecule has 0 bridgehead atoms. The summed E-state index contributed by atoms with van der Waals surface area (Å²) in [6, 6.07) is 1.33. The topological polar surface area (TPSA) is 83.4 Å². The van der Waals surface area contributed by atoms with E-state index in [2.05, 4.69) is 9.97 Å². The minimum atomic E-state index is -0.442. The number of nitrogens with two attached hydrogens (primary N) is 1. The zero-order valence-electron chi connectivity index (χ0n) is 9.58. The second kappa shape index (κ2) is 4.84. The SMILES string of the molecule is COc1cnc(C(N)c2ccoc2)c(OC)n1. The number of ether oxygens (including phenoxy) is 2. The van der Waals surface area contributed by atoms with E-state index in [1.54, 1.807) is 18.6 Å². The highest BCUT2D eigenvalue weighted by Gasteiger charge is 2.18. The maximum Gasteiger partial charge on any atom is 0.240 e. The molecular formula is C11H13N3O3. The average molecular weight is 235 g/mol. The second-order valence-electron chi connectivity index (χ2n) is 3.34. The van der Waals surface area contributed by atoms with E-state index in [9.17, 15) is 0 Å². The maximum absolute atomic E-state index is 6.05. The summed E-state index contributed by atoms with van der Waals surface area (Å²) in [6.45, 7) is 0. The Morgan fingerprint density at radius 1 is 1.35 bits per heavy atom. The molecule has 0 radical (unpaired) electrons. The second-order valence-corrected chi connectivity index (χ2v) is 3.34. The number of methoxy groups -OCH3 is 2. The normalized spacial score (nSPS) is 12.2. The Bertz CT molecular complexity index is 485. The Labute approximate surface area is 98.4 Å². The van der Waals surface area contributed by atoms with Crippen LogP contribution in [0.5, 0.6) is 11.8 Å². The predicted molar refractivity (Wildman–Crippen MR) is 59.9 cm³/mol. The van der Waals surface area contributed by atoms with E-state index in [1.165, 1.54) is 20.4 Å². The lowest BCUT2D eigenvalue weighted by atomic mass is 10.1. The van der Waals surface area contributed by atoms with Crippen molar-refractivity contribution in [2.45, 2.75) is 6.04 Å². The molecular weight excluding hydrogens is 222 g/mol. The van der Waals surface area contributed by atoms with Crippen molar-refractivity contribution in [1.82, 2.24) is 9.97 Å². The Hall–Kier alpha value is -2.08. The molecule has 1 unspecified atom stereocenters. The van der Waals surface area contributed by atoms with Crippen LogP contribution in [0.2, 0.25) is 0 Å². The van der Waals surface area contributed by atoms with Crippen molar-refractivity contribution in [3.63, 3.8) is 0 Å². The number of aromatic nitrogens is 2. The first-order valence-electron chi connectivity index (χ1n) is 4.99. The fourth-order valence-corrected chi connectivity index (χ4v) is 1.44. The van der Waals surface area contributed by atoms with Gasteiger partial charge in [0, 0.05) is 5.56 Å². The summed E-state index contributed by atoms with van der Waals surface area (Å²) >= 11 is 0. The van der Waals surface area contributed by atoms with Gasteiger partial charge in [0.05, 0.1) is 39.0 Å². The van der Waals surface area contributed by atoms with Crippen molar-refractivity contribution in [1.29, 1.82) is 0 Å². The molecule has 0 aliphatic carbocycles. The number of hydrogen-bond donors (Lipinski definition) is 1. The van der Waals surface area contributed by atoms with E-state index in [-0.39, 0.29) is 0 Å². The van der Waals surface area contributed by atoms with Gasteiger partial charge in [0.25, 0.3) is 0 Å². The molecule has 0 fully saturated rings. The molecule has 2 aromatic rings. The van der Waals surface area contributed by atoms with Crippen molar-refractivity contribution < 1.29 is 13.9 Å². The van der Waals surface area contributed by atoms with Gasteiger partial charge < -0.3 is 19.6 Å². The highest BCUT2D eigenvalue weighted by molar-refractivity contribution is 5.32. The molecule has 6 heteroatoms. The fourth-order valence-electron chi connectivity index (χ4n) is 1.44. The molecule has 0 amide bonds. The van der Waals surface area contributed by atoms with Crippen molar-refractivity contribution in [2.75, 3.05) is 14.2 Å². The molecule has 0 aromatic carbocycles. The maximum atomic E-state index is 6.05. The standard InChI is InChI=1S/C11H13N3O3/c1-15-8-5-13-10(11(14-8)16-2)9(12)7-3-4-17-6-7/h3-6,9H,12H2,1-2H3. The van der Waals surface area contributed by atoms with Crippen LogP contribution in [0.3, 0.4) is 0 Å². The highest BCUT2D eigenvalue weighted by atomic mass is 16.5. The van der Waals surface area contributed by atoms with Gasteiger partial charge in [-0.05, 0) is 6.07 Å². The molecule has 1 atom stereocenters. The van der Waals surface area contributed by atoms with Gasteiger partial charge in [0.2, 0.25) is 11.8 Å². The largest absolute Gasteiger partial charge is 0.480 e. The number of nitrogens with zero attached hydrogens (tertiary/aromatic N) is 2. The summed E-state index contributed by atoms with van der Waals surface area (Å²) in [4.78, 5) is 8.32. The molecule has 0 saturated carbocycles. The third-order valence-electron chi connectivity index (χ3n) is 2.34. The zero-order chi connectivity index (χ0) is 12.3. The zero-order valence-corrected chi connectivity index (χ0v) is 9.58. The van der Waals surface area contributed by atoms with Crippen LogP contribution >= 0.6 is 0 Å². The van der Waals surface area contributed by atoms with Crippen LogP contribution < -0.4 is 15.2 Å². The first-order valence-corrected chi connectivity index (χ1v) is 4.99. The van der Waals surface area contributed by atoms with Gasteiger partial charge in [0.15, 0.2) is 0 Å². The van der Waals surface area contributed by atoms with Crippen molar-refractivity contribution in [3.8, 4) is 11.8 Å². The Kier molecular flexibility index (Phi) is 3.24. The fraction of sp³-hybridized carbons (Fsp3) is 0.273. The monoisotopic (exact) mass is 235 g/mol. The van der Waals surface area contributed by atoms with Gasteiger partial charge in [-0.1, -0.05) is 0 Å². The molecule has 2 N–H and O–H groups in total. The molecule has 0 aliphatic heterocycles. The predicted octanol–water partition coefficient (Wildman–Crippen LogP) is 1.13. The number of rotatable bonds is 4. The quantitative estimate of drug-likeness (QED) is 0.855. The van der Waals surface area contributed by atoms with E-state index in [4.69, 9.17) is 19.6 Å².